The Balaban J connectivity index is 0.491. The molecule has 0 aliphatic rings. The van der Waals surface area contributed by atoms with Gasteiger partial charge in [-0.3, -0.25) is 62.7 Å². The third kappa shape index (κ3) is 32.9. The molecule has 0 bridgehead atoms. The SMILES string of the molecule is CCCCN(Cc1ccc(C(=O)NO)cc1)C(=O)Nc1ccc(OCc2cn(CCOCCOCCOCCOCCOCCOCCNC(=O)CCNC(=O)c3nc(NC(=O)c4cc(NC(=O)CCNC(=O)c5nc(NC(=O)CCCNC(=O)c6cc(NC(=O)c7nc(NC(=O)CCNC(=O)c8cc(NC(=O)c9nccn9C)cn8C)cn7C)cn6C)cn5C)cn4C)cn3C)nn2)cc1. The van der Waals surface area contributed by atoms with Crippen molar-refractivity contribution in [1.29, 1.82) is 0 Å². The highest BCUT2D eigenvalue weighted by Crippen LogP contribution is 2.23. The molecule has 10 aromatic rings. The van der Waals surface area contributed by atoms with Crippen LogP contribution in [0.2, 0.25) is 0 Å². The van der Waals surface area contributed by atoms with Crippen LogP contribution in [0.25, 0.3) is 0 Å². The fourth-order valence-corrected chi connectivity index (χ4v) is 13.1. The van der Waals surface area contributed by atoms with Crippen molar-refractivity contribution < 1.29 is 101 Å². The van der Waals surface area contributed by atoms with Crippen LogP contribution < -0.4 is 74.0 Å². The summed E-state index contributed by atoms with van der Waals surface area (Å²) in [4.78, 5) is 186. The molecule has 8 heterocycles. The van der Waals surface area contributed by atoms with Gasteiger partial charge in [-0.15, -0.1) is 5.10 Å². The number of benzene rings is 2. The number of carbonyl (C=O) groups is 13. The molecule has 0 spiro atoms. The second-order valence-electron chi connectivity index (χ2n) is 30.8. The smallest absolute Gasteiger partial charge is 0.322 e. The zero-order valence-corrected chi connectivity index (χ0v) is 76.7. The Morgan fingerprint density at radius 2 is 0.846 bits per heavy atom. The Bertz CT molecular complexity index is 5720. The molecule has 10 rings (SSSR count). The number of aryl methyl sites for hydroxylation is 7. The van der Waals surface area contributed by atoms with Gasteiger partial charge in [0.25, 0.3) is 47.3 Å². The molecule has 0 aliphatic heterocycles. The number of imidazole rings is 4. The van der Waals surface area contributed by atoms with Gasteiger partial charge in [0.15, 0.2) is 23.3 Å². The number of hydroxylamine groups is 1. The summed E-state index contributed by atoms with van der Waals surface area (Å²) in [6.07, 6.45) is 15.4. The molecular formula is C87H114N28O21. The van der Waals surface area contributed by atoms with E-state index in [9.17, 15) is 62.3 Å². The van der Waals surface area contributed by atoms with E-state index < -0.39 is 65.0 Å². The summed E-state index contributed by atoms with van der Waals surface area (Å²) in [7, 11) is 11.2. The first-order valence-corrected chi connectivity index (χ1v) is 43.5. The number of aromatic nitrogens is 14. The minimum Gasteiger partial charge on any atom is -0.487 e. The lowest BCUT2D eigenvalue weighted by atomic mass is 10.1. The average molecular weight is 1890 g/mol. The number of hydrogen-bond acceptors (Lipinski definition) is 27. The number of nitrogens with one attached hydrogen (secondary N) is 13. The summed E-state index contributed by atoms with van der Waals surface area (Å²) in [6, 6.07) is 17.8. The first kappa shape index (κ1) is 103. The van der Waals surface area contributed by atoms with Crippen molar-refractivity contribution >= 4 is 117 Å². The van der Waals surface area contributed by atoms with Crippen LogP contribution >= 0.6 is 0 Å². The number of nitrogens with zero attached hydrogens (tertiary/aromatic N) is 15. The van der Waals surface area contributed by atoms with Crippen LogP contribution in [0.4, 0.5) is 45.0 Å². The highest BCUT2D eigenvalue weighted by atomic mass is 16.6. The number of rotatable bonds is 57. The Hall–Kier alpha value is -15.3. The monoisotopic (exact) mass is 1890 g/mol. The van der Waals surface area contributed by atoms with Crippen LogP contribution in [0.15, 0.2) is 123 Å². The summed E-state index contributed by atoms with van der Waals surface area (Å²) in [5.41, 5.74) is 5.47. The van der Waals surface area contributed by atoms with E-state index >= 15 is 0 Å². The van der Waals surface area contributed by atoms with Gasteiger partial charge in [0, 0.05) is 182 Å². The predicted octanol–water partition coefficient (Wildman–Crippen LogP) is 3.22. The van der Waals surface area contributed by atoms with Gasteiger partial charge in [0.2, 0.25) is 41.1 Å². The van der Waals surface area contributed by atoms with Crippen molar-refractivity contribution in [3.8, 4) is 5.75 Å². The lowest BCUT2D eigenvalue weighted by molar-refractivity contribution is -0.121. The molecule has 0 radical (unpaired) electrons. The molecule has 0 saturated heterocycles. The van der Waals surface area contributed by atoms with Gasteiger partial charge in [-0.05, 0) is 73.0 Å². The Morgan fingerprint density at radius 1 is 0.390 bits per heavy atom. The van der Waals surface area contributed by atoms with Gasteiger partial charge in [-0.1, -0.05) is 30.7 Å². The predicted molar refractivity (Wildman–Crippen MR) is 490 cm³/mol. The lowest BCUT2D eigenvalue weighted by Crippen LogP contribution is -2.35. The van der Waals surface area contributed by atoms with E-state index in [0.29, 0.717) is 121 Å². The van der Waals surface area contributed by atoms with Crippen molar-refractivity contribution in [3.05, 3.63) is 180 Å². The molecule has 2 aromatic carbocycles. The van der Waals surface area contributed by atoms with Crippen molar-refractivity contribution in [2.75, 3.05) is 156 Å². The van der Waals surface area contributed by atoms with Gasteiger partial charge < -0.3 is 134 Å². The highest BCUT2D eigenvalue weighted by molar-refractivity contribution is 6.06. The fourth-order valence-electron chi connectivity index (χ4n) is 13.1. The van der Waals surface area contributed by atoms with Crippen molar-refractivity contribution in [1.82, 2.24) is 104 Å². The van der Waals surface area contributed by atoms with Crippen LogP contribution in [0, 0.1) is 0 Å². The zero-order valence-electron chi connectivity index (χ0n) is 76.7. The summed E-state index contributed by atoms with van der Waals surface area (Å²) in [5.74, 6) is -5.41. The molecule has 14 amide bonds. The molecule has 136 heavy (non-hydrogen) atoms. The minimum atomic E-state index is -0.642. The topological polar surface area (TPSA) is 583 Å². The third-order valence-electron chi connectivity index (χ3n) is 20.1. The molecule has 0 atom stereocenters. The number of unbranched alkanes of at least 4 members (excludes halogenated alkanes) is 1. The molecule has 0 saturated carbocycles. The number of anilines is 7. The molecule has 49 nitrogen and oxygen atoms in total. The maximum Gasteiger partial charge on any atom is 0.322 e. The van der Waals surface area contributed by atoms with Crippen molar-refractivity contribution in [2.45, 2.75) is 71.6 Å². The number of carbonyl (C=O) groups excluding carboxylic acids is 13. The van der Waals surface area contributed by atoms with Crippen molar-refractivity contribution in [3.63, 3.8) is 0 Å². The van der Waals surface area contributed by atoms with Crippen LogP contribution in [0.1, 0.15) is 147 Å². The first-order chi connectivity index (χ1) is 65.6. The van der Waals surface area contributed by atoms with Crippen LogP contribution in [-0.2, 0) is 117 Å². The summed E-state index contributed by atoms with van der Waals surface area (Å²) in [5, 5.41) is 49.6. The van der Waals surface area contributed by atoms with E-state index in [4.69, 9.17) is 38.4 Å². The molecule has 0 aliphatic carbocycles. The second-order valence-corrected chi connectivity index (χ2v) is 30.8. The molecule has 49 heteroatoms. The zero-order chi connectivity index (χ0) is 97.4. The van der Waals surface area contributed by atoms with E-state index in [0.717, 1.165) is 18.4 Å². The van der Waals surface area contributed by atoms with E-state index in [1.165, 1.54) is 82.8 Å². The lowest BCUT2D eigenvalue weighted by Gasteiger charge is -2.23. The standard InChI is InChI=1S/C87H114N28O21/c1-9-10-30-114(48-57-13-15-58(16-14-57)79(120)105-129)87(128)97-59-17-19-64(20-18-59)136-56-63-52-115(106-104-63)32-34-131-36-38-133-40-42-135-44-43-134-41-39-132-37-35-130-33-29-88-71(116)21-25-92-84(125)77-102-70(55-112(77)7)103-82(123)67-45-60(49-110(67)5)94-73(118)22-27-93-83(124)76-100-68(53-111(76)6)98-72(117)12-11-24-90-80(121)65-47-62(51-108(65)3)96-86(127)78-101-69(54-113(78)8)99-74(119)23-26-91-81(122)66-46-61(50-109(66)4)95-85(126)75-89-28-31-107(75)2/h13-20,28,31,45-47,49-55,129H,9-12,21-27,29-30,32-44,48,56H2,1-8H3,(H,88,116)(H,90,121)(H,91,122)(H,92,125)(H,93,124)(H,94,118)(H,95,126)(H,96,127)(H,97,128)(H,98,117)(H,99,119)(H,103,123)(H,105,120). The van der Waals surface area contributed by atoms with E-state index in [2.05, 4.69) is 94.0 Å². The van der Waals surface area contributed by atoms with E-state index in [1.807, 2.05) is 6.92 Å². The van der Waals surface area contributed by atoms with Crippen LogP contribution in [0.3, 0.4) is 0 Å². The van der Waals surface area contributed by atoms with Crippen molar-refractivity contribution in [2.24, 2.45) is 49.3 Å². The van der Waals surface area contributed by atoms with Gasteiger partial charge in [0.1, 0.15) is 35.1 Å². The largest absolute Gasteiger partial charge is 0.487 e. The van der Waals surface area contributed by atoms with E-state index in [1.54, 1.807) is 136 Å². The summed E-state index contributed by atoms with van der Waals surface area (Å²) in [6.45, 7) is 8.10. The number of ether oxygens (including phenoxy) is 7. The maximum absolute atomic E-state index is 13.4. The van der Waals surface area contributed by atoms with Crippen LogP contribution in [0.5, 0.6) is 5.75 Å². The average Bonchev–Trinajstić information content (AvgIpc) is 1.62. The first-order valence-electron chi connectivity index (χ1n) is 43.5. The Labute approximate surface area is 780 Å². The third-order valence-corrected chi connectivity index (χ3v) is 20.1. The quantitative estimate of drug-likeness (QED) is 0.0148. The van der Waals surface area contributed by atoms with Crippen LogP contribution in [-0.4, -0.2) is 272 Å². The summed E-state index contributed by atoms with van der Waals surface area (Å²) >= 11 is 0. The fraction of sp³-hybridized carbons (Fsp3) is 0.414. The molecule has 0 unspecified atom stereocenters. The van der Waals surface area contributed by atoms with E-state index in [-0.39, 0.29) is 159 Å². The molecule has 728 valence electrons. The van der Waals surface area contributed by atoms with Gasteiger partial charge >= 0.3 is 6.03 Å². The Kier molecular flexibility index (Phi) is 39.9. The maximum atomic E-state index is 13.4. The van der Waals surface area contributed by atoms with Gasteiger partial charge in [-0.25, -0.2) is 34.9 Å². The minimum absolute atomic E-state index is 0.00112. The highest BCUT2D eigenvalue weighted by Gasteiger charge is 2.25. The number of hydrogen-bond donors (Lipinski definition) is 14. The number of urea groups is 1. The second kappa shape index (κ2) is 52.8. The molecule has 8 aromatic heterocycles. The normalized spacial score (nSPS) is 11.0. The van der Waals surface area contributed by atoms with Gasteiger partial charge in [0.05, 0.1) is 109 Å². The molecular weight excluding hydrogens is 1770 g/mol. The molecule has 0 fully saturated rings. The Morgan fingerprint density at radius 3 is 1.36 bits per heavy atom. The number of amides is 14. The van der Waals surface area contributed by atoms with Gasteiger partial charge in [-0.2, -0.15) is 0 Å². The molecule has 14 N–H and O–H groups in total. The summed E-state index contributed by atoms with van der Waals surface area (Å²) < 4.78 is 51.3.